The van der Waals surface area contributed by atoms with Gasteiger partial charge in [-0.2, -0.15) is 0 Å². The Bertz CT molecular complexity index is 392. The van der Waals surface area contributed by atoms with Crippen molar-refractivity contribution < 1.29 is 4.92 Å². The minimum absolute atomic E-state index is 0. The quantitative estimate of drug-likeness (QED) is 0.658. The molecular formula is C10H12Cl2N2O2. The normalized spacial score (nSPS) is 19.2. The van der Waals surface area contributed by atoms with E-state index in [1.807, 2.05) is 6.07 Å². The highest BCUT2D eigenvalue weighted by molar-refractivity contribution is 6.32. The highest BCUT2D eigenvalue weighted by Crippen LogP contribution is 2.30. The molecule has 1 saturated heterocycles. The van der Waals surface area contributed by atoms with Crippen molar-refractivity contribution >= 4 is 29.7 Å². The van der Waals surface area contributed by atoms with E-state index < -0.39 is 4.92 Å². The Hall–Kier alpha value is -0.840. The first-order valence-corrected chi connectivity index (χ1v) is 5.23. The number of nitro groups is 1. The fourth-order valence-corrected chi connectivity index (χ4v) is 2.04. The average Bonchev–Trinajstić information content (AvgIpc) is 2.71. The fourth-order valence-electron chi connectivity index (χ4n) is 1.86. The minimum atomic E-state index is -0.444. The molecule has 1 atom stereocenters. The maximum absolute atomic E-state index is 10.7. The monoisotopic (exact) mass is 262 g/mol. The van der Waals surface area contributed by atoms with Crippen molar-refractivity contribution in [2.45, 2.75) is 18.9 Å². The van der Waals surface area contributed by atoms with Crippen LogP contribution in [0.3, 0.4) is 0 Å². The van der Waals surface area contributed by atoms with E-state index >= 15 is 0 Å². The van der Waals surface area contributed by atoms with Gasteiger partial charge in [0, 0.05) is 12.1 Å². The summed E-state index contributed by atoms with van der Waals surface area (Å²) >= 11 is 5.74. The Morgan fingerprint density at radius 3 is 2.81 bits per heavy atom. The van der Waals surface area contributed by atoms with Crippen LogP contribution in [-0.4, -0.2) is 11.5 Å². The number of nitrogens with one attached hydrogen (secondary N) is 1. The van der Waals surface area contributed by atoms with Gasteiger partial charge in [0.15, 0.2) is 0 Å². The van der Waals surface area contributed by atoms with E-state index in [9.17, 15) is 10.1 Å². The molecule has 1 aromatic carbocycles. The standard InChI is InChI=1S/C10H11ClN2O2.ClH/c11-8-4-3-7(6-10(8)13(14)15)9-2-1-5-12-9;/h3-4,6,9,12H,1-2,5H2;1H/t9-;/m0./s1. The van der Waals surface area contributed by atoms with Gasteiger partial charge in [0.1, 0.15) is 5.02 Å². The van der Waals surface area contributed by atoms with Crippen LogP contribution in [-0.2, 0) is 0 Å². The van der Waals surface area contributed by atoms with Crippen molar-refractivity contribution in [1.82, 2.24) is 5.32 Å². The fraction of sp³-hybridized carbons (Fsp3) is 0.400. The zero-order valence-electron chi connectivity index (χ0n) is 8.48. The summed E-state index contributed by atoms with van der Waals surface area (Å²) in [5.41, 5.74) is 0.937. The number of nitro benzene ring substituents is 1. The third kappa shape index (κ3) is 2.64. The molecule has 1 heterocycles. The highest BCUT2D eigenvalue weighted by atomic mass is 35.5. The van der Waals surface area contributed by atoms with Crippen molar-refractivity contribution in [1.29, 1.82) is 0 Å². The van der Waals surface area contributed by atoms with Gasteiger partial charge in [0.05, 0.1) is 4.92 Å². The van der Waals surface area contributed by atoms with E-state index in [0.29, 0.717) is 0 Å². The third-order valence-electron chi connectivity index (χ3n) is 2.63. The van der Waals surface area contributed by atoms with Crippen LogP contribution in [0.15, 0.2) is 18.2 Å². The largest absolute Gasteiger partial charge is 0.310 e. The van der Waals surface area contributed by atoms with Gasteiger partial charge in [-0.3, -0.25) is 10.1 Å². The van der Waals surface area contributed by atoms with E-state index in [1.54, 1.807) is 12.1 Å². The number of nitrogens with zero attached hydrogens (tertiary/aromatic N) is 1. The molecule has 4 nitrogen and oxygen atoms in total. The maximum atomic E-state index is 10.7. The van der Waals surface area contributed by atoms with Gasteiger partial charge in [-0.25, -0.2) is 0 Å². The number of hydrogen-bond acceptors (Lipinski definition) is 3. The summed E-state index contributed by atoms with van der Waals surface area (Å²) in [7, 11) is 0. The lowest BCUT2D eigenvalue weighted by atomic mass is 10.0. The molecule has 0 radical (unpaired) electrons. The van der Waals surface area contributed by atoms with Gasteiger partial charge in [-0.15, -0.1) is 12.4 Å². The summed E-state index contributed by atoms with van der Waals surface area (Å²) in [5.74, 6) is 0. The zero-order chi connectivity index (χ0) is 10.8. The van der Waals surface area contributed by atoms with E-state index in [1.165, 1.54) is 0 Å². The van der Waals surface area contributed by atoms with Crippen LogP contribution in [0.4, 0.5) is 5.69 Å². The Labute approximate surface area is 105 Å². The molecule has 16 heavy (non-hydrogen) atoms. The Kier molecular flexibility index (Phi) is 4.53. The summed E-state index contributed by atoms with van der Waals surface area (Å²) in [6.45, 7) is 0.973. The van der Waals surface area contributed by atoms with E-state index in [-0.39, 0.29) is 29.2 Å². The second-order valence-corrected chi connectivity index (χ2v) is 4.02. The molecular weight excluding hydrogens is 251 g/mol. The number of halogens is 2. The van der Waals surface area contributed by atoms with Gasteiger partial charge >= 0.3 is 0 Å². The molecule has 88 valence electrons. The summed E-state index contributed by atoms with van der Waals surface area (Å²) in [6.07, 6.45) is 2.14. The van der Waals surface area contributed by atoms with Crippen molar-refractivity contribution in [2.24, 2.45) is 0 Å². The summed E-state index contributed by atoms with van der Waals surface area (Å²) < 4.78 is 0. The van der Waals surface area contributed by atoms with Crippen LogP contribution in [0.25, 0.3) is 0 Å². The van der Waals surface area contributed by atoms with Gasteiger partial charge in [-0.1, -0.05) is 17.7 Å². The maximum Gasteiger partial charge on any atom is 0.288 e. The minimum Gasteiger partial charge on any atom is -0.310 e. The van der Waals surface area contributed by atoms with Gasteiger partial charge < -0.3 is 5.32 Å². The van der Waals surface area contributed by atoms with Crippen molar-refractivity contribution in [3.8, 4) is 0 Å². The second kappa shape index (κ2) is 5.48. The van der Waals surface area contributed by atoms with Crippen LogP contribution in [0.2, 0.25) is 5.02 Å². The molecule has 0 amide bonds. The second-order valence-electron chi connectivity index (χ2n) is 3.62. The van der Waals surface area contributed by atoms with E-state index in [0.717, 1.165) is 24.9 Å². The van der Waals surface area contributed by atoms with E-state index in [2.05, 4.69) is 5.32 Å². The lowest BCUT2D eigenvalue weighted by Gasteiger charge is -2.10. The molecule has 1 fully saturated rings. The number of hydrogen-bond donors (Lipinski definition) is 1. The average molecular weight is 263 g/mol. The smallest absolute Gasteiger partial charge is 0.288 e. The molecule has 6 heteroatoms. The molecule has 0 aliphatic carbocycles. The highest BCUT2D eigenvalue weighted by Gasteiger charge is 2.20. The molecule has 1 aromatic rings. The lowest BCUT2D eigenvalue weighted by molar-refractivity contribution is -0.384. The zero-order valence-corrected chi connectivity index (χ0v) is 10.1. The molecule has 0 bridgehead atoms. The van der Waals surface area contributed by atoms with Crippen LogP contribution < -0.4 is 5.32 Å². The van der Waals surface area contributed by atoms with Crippen molar-refractivity contribution in [3.63, 3.8) is 0 Å². The first-order chi connectivity index (χ1) is 7.18. The lowest BCUT2D eigenvalue weighted by Crippen LogP contribution is -2.12. The molecule has 0 saturated carbocycles. The molecule has 1 aliphatic heterocycles. The SMILES string of the molecule is Cl.O=[N+]([O-])c1cc([C@@H]2CCCN2)ccc1Cl. The summed E-state index contributed by atoms with van der Waals surface area (Å²) in [6, 6.07) is 5.24. The number of rotatable bonds is 2. The Balaban J connectivity index is 0.00000128. The molecule has 0 unspecified atom stereocenters. The molecule has 1 N–H and O–H groups in total. The Morgan fingerprint density at radius 1 is 1.50 bits per heavy atom. The van der Waals surface area contributed by atoms with Crippen LogP contribution in [0.5, 0.6) is 0 Å². The Morgan fingerprint density at radius 2 is 2.25 bits per heavy atom. The van der Waals surface area contributed by atoms with Crippen LogP contribution in [0.1, 0.15) is 24.4 Å². The first kappa shape index (κ1) is 13.2. The van der Waals surface area contributed by atoms with Crippen molar-refractivity contribution in [3.05, 3.63) is 38.9 Å². The van der Waals surface area contributed by atoms with Gasteiger partial charge in [0.25, 0.3) is 5.69 Å². The van der Waals surface area contributed by atoms with Crippen molar-refractivity contribution in [2.75, 3.05) is 6.54 Å². The first-order valence-electron chi connectivity index (χ1n) is 4.85. The van der Waals surface area contributed by atoms with Gasteiger partial charge in [0.2, 0.25) is 0 Å². The topological polar surface area (TPSA) is 55.2 Å². The third-order valence-corrected chi connectivity index (χ3v) is 2.95. The number of benzene rings is 1. The molecule has 0 spiro atoms. The van der Waals surface area contributed by atoms with Gasteiger partial charge in [-0.05, 0) is 31.0 Å². The molecule has 0 aromatic heterocycles. The van der Waals surface area contributed by atoms with E-state index in [4.69, 9.17) is 11.6 Å². The summed E-state index contributed by atoms with van der Waals surface area (Å²) in [4.78, 5) is 10.2. The molecule has 1 aliphatic rings. The van der Waals surface area contributed by atoms with Crippen LogP contribution >= 0.6 is 24.0 Å². The summed E-state index contributed by atoms with van der Waals surface area (Å²) in [5, 5.41) is 14.2. The predicted octanol–water partition coefficient (Wildman–Crippen LogP) is 3.09. The van der Waals surface area contributed by atoms with Crippen LogP contribution in [0, 0.1) is 10.1 Å². The molecule has 2 rings (SSSR count). The predicted molar refractivity (Wildman–Crippen MR) is 65.3 cm³/mol.